The molecule has 0 amide bonds. The number of pyridine rings is 1. The lowest BCUT2D eigenvalue weighted by molar-refractivity contribution is 0.587. The maximum absolute atomic E-state index is 10.8. The summed E-state index contributed by atoms with van der Waals surface area (Å²) in [7, 11) is -1.25. The molecule has 5 nitrogen and oxygen atoms in total. The largest absolute Gasteiger partial charge is 0.358 e. The third-order valence-corrected chi connectivity index (χ3v) is 3.11. The average Bonchev–Trinajstić information content (AvgIpc) is 2.16. The van der Waals surface area contributed by atoms with E-state index in [0.29, 0.717) is 13.1 Å². The van der Waals surface area contributed by atoms with E-state index in [1.54, 1.807) is 6.20 Å². The van der Waals surface area contributed by atoms with Gasteiger partial charge in [-0.1, -0.05) is 0 Å². The van der Waals surface area contributed by atoms with E-state index in [-0.39, 0.29) is 0 Å². The first kappa shape index (κ1) is 13.4. The molecular formula is C9H14BrN3O2S. The summed E-state index contributed by atoms with van der Waals surface area (Å²) in [5, 5.41) is 0. The van der Waals surface area contributed by atoms with Crippen molar-refractivity contribution in [3.8, 4) is 0 Å². The smallest absolute Gasteiger partial charge is 0.208 e. The van der Waals surface area contributed by atoms with Gasteiger partial charge in [0.05, 0.1) is 6.26 Å². The van der Waals surface area contributed by atoms with Crippen molar-refractivity contribution in [3.63, 3.8) is 0 Å². The lowest BCUT2D eigenvalue weighted by Crippen LogP contribution is -2.32. The van der Waals surface area contributed by atoms with Gasteiger partial charge >= 0.3 is 0 Å². The number of nitrogens with one attached hydrogen (secondary N) is 1. The number of sulfonamides is 1. The van der Waals surface area contributed by atoms with E-state index in [1.807, 2.05) is 24.1 Å². The highest BCUT2D eigenvalue weighted by Crippen LogP contribution is 2.12. The third kappa shape index (κ3) is 4.91. The molecule has 1 N–H and O–H groups in total. The minimum absolute atomic E-state index is 0.368. The number of likely N-dealkylation sites (N-methyl/N-ethyl adjacent to an activating group) is 1. The lowest BCUT2D eigenvalue weighted by Gasteiger charge is -2.17. The SMILES string of the molecule is CN(CCNS(C)(=O)=O)c1ccc(Br)cn1. The molecule has 0 saturated heterocycles. The van der Waals surface area contributed by atoms with Crippen LogP contribution in [-0.4, -0.2) is 39.8 Å². The van der Waals surface area contributed by atoms with Gasteiger partial charge < -0.3 is 4.90 Å². The summed E-state index contributed by atoms with van der Waals surface area (Å²) in [5.41, 5.74) is 0. The van der Waals surface area contributed by atoms with Crippen molar-refractivity contribution in [2.24, 2.45) is 0 Å². The van der Waals surface area contributed by atoms with Gasteiger partial charge in [-0.05, 0) is 28.1 Å². The molecule has 0 aliphatic rings. The number of nitrogens with zero attached hydrogens (tertiary/aromatic N) is 2. The second kappa shape index (κ2) is 5.60. The van der Waals surface area contributed by atoms with Gasteiger partial charge in [-0.3, -0.25) is 0 Å². The zero-order valence-corrected chi connectivity index (χ0v) is 11.5. The Balaban J connectivity index is 2.47. The highest BCUT2D eigenvalue weighted by molar-refractivity contribution is 9.10. The molecule has 0 spiro atoms. The van der Waals surface area contributed by atoms with Gasteiger partial charge in [-0.15, -0.1) is 0 Å². The van der Waals surface area contributed by atoms with E-state index in [0.717, 1.165) is 16.5 Å². The molecule has 0 radical (unpaired) electrons. The van der Waals surface area contributed by atoms with E-state index in [1.165, 1.54) is 0 Å². The molecular weight excluding hydrogens is 294 g/mol. The van der Waals surface area contributed by atoms with Crippen LogP contribution < -0.4 is 9.62 Å². The molecule has 7 heteroatoms. The molecule has 0 bridgehead atoms. The number of hydrogen-bond donors (Lipinski definition) is 1. The summed E-state index contributed by atoms with van der Waals surface area (Å²) in [6, 6.07) is 3.76. The fourth-order valence-electron chi connectivity index (χ4n) is 1.11. The van der Waals surface area contributed by atoms with Gasteiger partial charge in [0, 0.05) is 30.8 Å². The summed E-state index contributed by atoms with van der Waals surface area (Å²) in [6.45, 7) is 0.939. The van der Waals surface area contributed by atoms with E-state index in [9.17, 15) is 8.42 Å². The summed E-state index contributed by atoms with van der Waals surface area (Å²) in [4.78, 5) is 6.07. The molecule has 16 heavy (non-hydrogen) atoms. The topological polar surface area (TPSA) is 62.3 Å². The Hall–Kier alpha value is -0.660. The van der Waals surface area contributed by atoms with E-state index < -0.39 is 10.0 Å². The third-order valence-electron chi connectivity index (χ3n) is 1.91. The Morgan fingerprint density at radius 1 is 1.50 bits per heavy atom. The van der Waals surface area contributed by atoms with E-state index in [4.69, 9.17) is 0 Å². The van der Waals surface area contributed by atoms with Crippen LogP contribution in [0.3, 0.4) is 0 Å². The Bertz CT molecular complexity index is 433. The first-order valence-electron chi connectivity index (χ1n) is 4.66. The Labute approximate surface area is 104 Å². The molecule has 1 rings (SSSR count). The minimum atomic E-state index is -3.11. The van der Waals surface area contributed by atoms with Crippen LogP contribution in [0, 0.1) is 0 Å². The van der Waals surface area contributed by atoms with Crippen LogP contribution in [0.1, 0.15) is 0 Å². The maximum Gasteiger partial charge on any atom is 0.208 e. The number of halogens is 1. The average molecular weight is 308 g/mol. The standard InChI is InChI=1S/C9H14BrN3O2S/c1-13(6-5-12-16(2,14)15)9-4-3-8(10)7-11-9/h3-4,7,12H,5-6H2,1-2H3. The normalized spacial score (nSPS) is 11.4. The lowest BCUT2D eigenvalue weighted by atomic mass is 10.4. The first-order valence-corrected chi connectivity index (χ1v) is 7.34. The molecule has 0 fully saturated rings. The molecule has 0 saturated carbocycles. The fourth-order valence-corrected chi connectivity index (χ4v) is 1.80. The molecule has 1 heterocycles. The fraction of sp³-hybridized carbons (Fsp3) is 0.444. The number of anilines is 1. The number of aromatic nitrogens is 1. The highest BCUT2D eigenvalue weighted by atomic mass is 79.9. The predicted octanol–water partition coefficient (Wildman–Crippen LogP) is 0.830. The first-order chi connectivity index (χ1) is 7.38. The zero-order valence-electron chi connectivity index (χ0n) is 9.14. The minimum Gasteiger partial charge on any atom is -0.358 e. The van der Waals surface area contributed by atoms with Crippen molar-refractivity contribution in [2.45, 2.75) is 0 Å². The molecule has 1 aromatic rings. The summed E-state index contributed by atoms with van der Waals surface area (Å²) in [5.74, 6) is 0.804. The predicted molar refractivity (Wildman–Crippen MR) is 68.1 cm³/mol. The van der Waals surface area contributed by atoms with Crippen molar-refractivity contribution >= 4 is 31.8 Å². The van der Waals surface area contributed by atoms with Crippen LogP contribution in [-0.2, 0) is 10.0 Å². The zero-order chi connectivity index (χ0) is 12.2. The molecule has 0 aromatic carbocycles. The number of hydrogen-bond acceptors (Lipinski definition) is 4. The van der Waals surface area contributed by atoms with Crippen LogP contribution >= 0.6 is 15.9 Å². The monoisotopic (exact) mass is 307 g/mol. The molecule has 0 aliphatic carbocycles. The van der Waals surface area contributed by atoms with Crippen molar-refractivity contribution in [2.75, 3.05) is 31.3 Å². The summed E-state index contributed by atoms with van der Waals surface area (Å²) < 4.78 is 25.0. The molecule has 0 unspecified atom stereocenters. The van der Waals surface area contributed by atoms with Gasteiger partial charge in [0.25, 0.3) is 0 Å². The van der Waals surface area contributed by atoms with Crippen molar-refractivity contribution in [1.82, 2.24) is 9.71 Å². The second-order valence-electron chi connectivity index (χ2n) is 3.42. The van der Waals surface area contributed by atoms with Gasteiger partial charge in [-0.25, -0.2) is 18.1 Å². The van der Waals surface area contributed by atoms with Crippen molar-refractivity contribution in [3.05, 3.63) is 22.8 Å². The quantitative estimate of drug-likeness (QED) is 0.875. The van der Waals surface area contributed by atoms with Crippen LogP contribution in [0.25, 0.3) is 0 Å². The molecule has 0 aliphatic heterocycles. The van der Waals surface area contributed by atoms with Gasteiger partial charge in [0.15, 0.2) is 0 Å². The van der Waals surface area contributed by atoms with Gasteiger partial charge in [0.1, 0.15) is 5.82 Å². The Morgan fingerprint density at radius 3 is 2.69 bits per heavy atom. The molecule has 1 aromatic heterocycles. The van der Waals surface area contributed by atoms with Crippen LogP contribution in [0.15, 0.2) is 22.8 Å². The Kier molecular flexibility index (Phi) is 4.69. The van der Waals surface area contributed by atoms with Gasteiger partial charge in [0.2, 0.25) is 10.0 Å². The van der Waals surface area contributed by atoms with Crippen LogP contribution in [0.4, 0.5) is 5.82 Å². The van der Waals surface area contributed by atoms with Crippen LogP contribution in [0.2, 0.25) is 0 Å². The highest BCUT2D eigenvalue weighted by Gasteiger charge is 2.04. The summed E-state index contributed by atoms with van der Waals surface area (Å²) >= 11 is 3.30. The summed E-state index contributed by atoms with van der Waals surface area (Å²) in [6.07, 6.45) is 2.85. The van der Waals surface area contributed by atoms with Gasteiger partial charge in [-0.2, -0.15) is 0 Å². The maximum atomic E-state index is 10.8. The second-order valence-corrected chi connectivity index (χ2v) is 6.17. The van der Waals surface area contributed by atoms with E-state index in [2.05, 4.69) is 25.6 Å². The Morgan fingerprint density at radius 2 is 2.19 bits per heavy atom. The van der Waals surface area contributed by atoms with Crippen LogP contribution in [0.5, 0.6) is 0 Å². The number of rotatable bonds is 5. The molecule has 0 atom stereocenters. The van der Waals surface area contributed by atoms with Crippen molar-refractivity contribution < 1.29 is 8.42 Å². The molecule has 90 valence electrons. The van der Waals surface area contributed by atoms with Crippen molar-refractivity contribution in [1.29, 1.82) is 0 Å². The van der Waals surface area contributed by atoms with E-state index >= 15 is 0 Å².